The zero-order valence-electron chi connectivity index (χ0n) is 12.2. The molecule has 0 aliphatic rings. The number of nitrogens with two attached hydrogens (primary N) is 2. The van der Waals surface area contributed by atoms with Crippen molar-refractivity contribution in [3.63, 3.8) is 0 Å². The normalized spacial score (nSPS) is 18.8. The van der Waals surface area contributed by atoms with E-state index in [9.17, 15) is 15.3 Å². The second-order valence-electron chi connectivity index (χ2n) is 5.42. The van der Waals surface area contributed by atoms with E-state index < -0.39 is 30.3 Å². The monoisotopic (exact) mass is 312 g/mol. The van der Waals surface area contributed by atoms with E-state index in [1.54, 1.807) is 6.92 Å². The molecule has 0 saturated carbocycles. The SMILES string of the molecule is C[C@@H](c1cnc2c(N)nc(N)nn12)[C@](C)(O)[C@H](O)[C@H](O)CO. The second kappa shape index (κ2) is 5.65. The number of hydrogen-bond donors (Lipinski definition) is 6. The van der Waals surface area contributed by atoms with E-state index >= 15 is 0 Å². The van der Waals surface area contributed by atoms with Crippen LogP contribution in [0.15, 0.2) is 6.20 Å². The molecular formula is C12H20N6O4. The van der Waals surface area contributed by atoms with Gasteiger partial charge in [-0.05, 0) is 6.92 Å². The highest BCUT2D eigenvalue weighted by atomic mass is 16.4. The Morgan fingerprint density at radius 3 is 2.59 bits per heavy atom. The Labute approximate surface area is 126 Å². The van der Waals surface area contributed by atoms with Crippen LogP contribution >= 0.6 is 0 Å². The molecule has 2 heterocycles. The number of hydrogen-bond acceptors (Lipinski definition) is 9. The van der Waals surface area contributed by atoms with Gasteiger partial charge in [-0.1, -0.05) is 6.92 Å². The van der Waals surface area contributed by atoms with E-state index in [0.717, 1.165) is 0 Å². The zero-order chi connectivity index (χ0) is 16.7. The molecule has 0 unspecified atom stereocenters. The smallest absolute Gasteiger partial charge is 0.240 e. The fourth-order valence-corrected chi connectivity index (χ4v) is 2.28. The molecule has 0 spiro atoms. The van der Waals surface area contributed by atoms with Crippen LogP contribution in [0, 0.1) is 0 Å². The van der Waals surface area contributed by atoms with Crippen LogP contribution in [0.1, 0.15) is 25.5 Å². The summed E-state index contributed by atoms with van der Waals surface area (Å²) in [5.41, 5.74) is 10.2. The summed E-state index contributed by atoms with van der Waals surface area (Å²) in [6, 6.07) is 0. The third-order valence-electron chi connectivity index (χ3n) is 3.90. The Kier molecular flexibility index (Phi) is 4.20. The molecule has 0 aromatic carbocycles. The quantitative estimate of drug-likeness (QED) is 0.359. The van der Waals surface area contributed by atoms with Crippen LogP contribution in [0.4, 0.5) is 11.8 Å². The first-order chi connectivity index (χ1) is 10.2. The van der Waals surface area contributed by atoms with Crippen LogP contribution in [0.3, 0.4) is 0 Å². The lowest BCUT2D eigenvalue weighted by atomic mass is 9.81. The van der Waals surface area contributed by atoms with Crippen molar-refractivity contribution in [2.75, 3.05) is 18.1 Å². The number of rotatable bonds is 5. The molecule has 10 nitrogen and oxygen atoms in total. The molecular weight excluding hydrogens is 292 g/mol. The van der Waals surface area contributed by atoms with Gasteiger partial charge in [-0.3, -0.25) is 0 Å². The lowest BCUT2D eigenvalue weighted by molar-refractivity contribution is -0.136. The largest absolute Gasteiger partial charge is 0.394 e. The van der Waals surface area contributed by atoms with Crippen molar-refractivity contribution >= 4 is 17.4 Å². The predicted octanol–water partition coefficient (Wildman–Crippen LogP) is -2.14. The van der Waals surface area contributed by atoms with Gasteiger partial charge in [-0.2, -0.15) is 4.98 Å². The van der Waals surface area contributed by atoms with E-state index in [1.807, 2.05) is 0 Å². The zero-order valence-corrected chi connectivity index (χ0v) is 12.2. The van der Waals surface area contributed by atoms with Crippen molar-refractivity contribution in [3.05, 3.63) is 11.9 Å². The van der Waals surface area contributed by atoms with Gasteiger partial charge in [-0.25, -0.2) is 9.50 Å². The van der Waals surface area contributed by atoms with Gasteiger partial charge in [0.2, 0.25) is 5.95 Å². The van der Waals surface area contributed by atoms with Gasteiger partial charge in [0.1, 0.15) is 12.2 Å². The molecule has 8 N–H and O–H groups in total. The summed E-state index contributed by atoms with van der Waals surface area (Å²) >= 11 is 0. The lowest BCUT2D eigenvalue weighted by Crippen LogP contribution is -2.51. The summed E-state index contributed by atoms with van der Waals surface area (Å²) < 4.78 is 1.33. The Balaban J connectivity index is 2.47. The van der Waals surface area contributed by atoms with E-state index in [-0.39, 0.29) is 17.4 Å². The van der Waals surface area contributed by atoms with Crippen molar-refractivity contribution < 1.29 is 20.4 Å². The Morgan fingerprint density at radius 2 is 2.00 bits per heavy atom. The van der Waals surface area contributed by atoms with Gasteiger partial charge < -0.3 is 31.9 Å². The second-order valence-corrected chi connectivity index (χ2v) is 5.42. The number of nitrogens with zero attached hydrogens (tertiary/aromatic N) is 4. The Hall–Kier alpha value is -2.01. The van der Waals surface area contributed by atoms with E-state index in [4.69, 9.17) is 16.6 Å². The molecule has 22 heavy (non-hydrogen) atoms. The topological polar surface area (TPSA) is 176 Å². The summed E-state index contributed by atoms with van der Waals surface area (Å²) in [6.45, 7) is 2.28. The summed E-state index contributed by atoms with van der Waals surface area (Å²) in [5, 5.41) is 43.1. The number of fused-ring (bicyclic) bond motifs is 1. The molecule has 2 aromatic rings. The molecule has 0 fully saturated rings. The van der Waals surface area contributed by atoms with Crippen LogP contribution in [-0.2, 0) is 0 Å². The Bertz CT molecular complexity index is 673. The number of imidazole rings is 1. The van der Waals surface area contributed by atoms with Gasteiger partial charge in [-0.15, -0.1) is 5.10 Å². The van der Waals surface area contributed by atoms with Gasteiger partial charge in [0.15, 0.2) is 11.5 Å². The fraction of sp³-hybridized carbons (Fsp3) is 0.583. The van der Waals surface area contributed by atoms with Crippen LogP contribution in [0.5, 0.6) is 0 Å². The molecule has 0 aliphatic heterocycles. The average Bonchev–Trinajstić information content (AvgIpc) is 2.88. The third kappa shape index (κ3) is 2.57. The Morgan fingerprint density at radius 1 is 1.36 bits per heavy atom. The predicted molar refractivity (Wildman–Crippen MR) is 77.7 cm³/mol. The lowest BCUT2D eigenvalue weighted by Gasteiger charge is -2.36. The van der Waals surface area contributed by atoms with Gasteiger partial charge in [0, 0.05) is 5.92 Å². The van der Waals surface area contributed by atoms with Crippen LogP contribution < -0.4 is 11.5 Å². The number of aliphatic hydroxyl groups excluding tert-OH is 3. The maximum Gasteiger partial charge on any atom is 0.240 e. The third-order valence-corrected chi connectivity index (χ3v) is 3.90. The maximum atomic E-state index is 10.6. The van der Waals surface area contributed by atoms with Gasteiger partial charge >= 0.3 is 0 Å². The molecule has 10 heteroatoms. The van der Waals surface area contributed by atoms with Crippen molar-refractivity contribution in [3.8, 4) is 0 Å². The number of aliphatic hydroxyl groups is 4. The summed E-state index contributed by atoms with van der Waals surface area (Å²) in [4.78, 5) is 7.86. The maximum absolute atomic E-state index is 10.6. The molecule has 0 aliphatic carbocycles. The number of nitrogen functional groups attached to an aromatic ring is 2. The number of aromatic nitrogens is 4. The minimum absolute atomic E-state index is 0.0629. The van der Waals surface area contributed by atoms with Crippen molar-refractivity contribution in [1.82, 2.24) is 19.6 Å². The minimum Gasteiger partial charge on any atom is -0.394 e. The molecule has 0 saturated heterocycles. The van der Waals surface area contributed by atoms with E-state index in [2.05, 4.69) is 15.1 Å². The van der Waals surface area contributed by atoms with Gasteiger partial charge in [0.25, 0.3) is 0 Å². The van der Waals surface area contributed by atoms with Crippen molar-refractivity contribution in [1.29, 1.82) is 0 Å². The van der Waals surface area contributed by atoms with Crippen LogP contribution in [-0.4, -0.2) is 64.4 Å². The molecule has 0 amide bonds. The number of anilines is 2. The van der Waals surface area contributed by atoms with Crippen molar-refractivity contribution in [2.45, 2.75) is 37.6 Å². The highest BCUT2D eigenvalue weighted by molar-refractivity contribution is 5.60. The molecule has 122 valence electrons. The molecule has 2 aromatic heterocycles. The van der Waals surface area contributed by atoms with Crippen LogP contribution in [0.25, 0.3) is 5.65 Å². The first-order valence-electron chi connectivity index (χ1n) is 6.66. The highest BCUT2D eigenvalue weighted by Gasteiger charge is 2.42. The summed E-state index contributed by atoms with van der Waals surface area (Å²) in [7, 11) is 0. The minimum atomic E-state index is -1.76. The molecule has 0 radical (unpaired) electrons. The first kappa shape index (κ1) is 16.4. The van der Waals surface area contributed by atoms with Gasteiger partial charge in [0.05, 0.1) is 24.1 Å². The van der Waals surface area contributed by atoms with Crippen molar-refractivity contribution in [2.24, 2.45) is 0 Å². The fourth-order valence-electron chi connectivity index (χ4n) is 2.28. The standard InChI is InChI=1S/C12H20N6O4/c1-5(12(2,22)8(21)7(20)4-19)6-3-15-10-9(13)16-11(14)17-18(6)10/h3,5,7-8,19-22H,4H2,1-2H3,(H4,13,14,16,17)/t5-,7+,8+,12-/m0/s1. The molecule has 4 atom stereocenters. The van der Waals surface area contributed by atoms with E-state index in [1.165, 1.54) is 17.6 Å². The molecule has 0 bridgehead atoms. The van der Waals surface area contributed by atoms with E-state index in [0.29, 0.717) is 5.69 Å². The average molecular weight is 312 g/mol. The first-order valence-corrected chi connectivity index (χ1v) is 6.66. The summed E-state index contributed by atoms with van der Waals surface area (Å²) in [6.07, 6.45) is -1.63. The van der Waals surface area contributed by atoms with Crippen LogP contribution in [0.2, 0.25) is 0 Å². The summed E-state index contributed by atoms with van der Waals surface area (Å²) in [5.74, 6) is -0.680. The highest BCUT2D eigenvalue weighted by Crippen LogP contribution is 2.32. The molecule has 2 rings (SSSR count).